The SMILES string of the molecule is CC(C)=O.CCCCC(=O)CCCC. The molecule has 0 amide bonds. The van der Waals surface area contributed by atoms with Crippen LogP contribution < -0.4 is 0 Å². The van der Waals surface area contributed by atoms with E-state index in [0.29, 0.717) is 5.78 Å². The molecule has 0 saturated heterocycles. The molecule has 0 spiro atoms. The third-order valence-electron chi connectivity index (χ3n) is 1.62. The van der Waals surface area contributed by atoms with E-state index in [1.165, 1.54) is 13.8 Å². The fraction of sp³-hybridized carbons (Fsp3) is 0.833. The molecule has 0 aliphatic heterocycles. The van der Waals surface area contributed by atoms with E-state index in [-0.39, 0.29) is 5.78 Å². The van der Waals surface area contributed by atoms with Crippen molar-refractivity contribution in [3.8, 4) is 0 Å². The standard InChI is InChI=1S/C9H18O.C3H6O/c1-3-5-7-9(10)8-6-4-2;1-3(2)4/h3-8H2,1-2H3;1-2H3. The number of hydrogen-bond acceptors (Lipinski definition) is 2. The maximum absolute atomic E-state index is 11.0. The molecule has 0 aliphatic carbocycles. The number of carbonyl (C=O) groups is 2. The molecule has 0 unspecified atom stereocenters. The van der Waals surface area contributed by atoms with Gasteiger partial charge in [0.2, 0.25) is 0 Å². The second-order valence-corrected chi connectivity index (χ2v) is 3.65. The molecule has 0 bridgehead atoms. The molecule has 0 radical (unpaired) electrons. The second kappa shape index (κ2) is 12.3. The molecule has 2 heteroatoms. The summed E-state index contributed by atoms with van der Waals surface area (Å²) in [7, 11) is 0. The van der Waals surface area contributed by atoms with Crippen molar-refractivity contribution in [3.05, 3.63) is 0 Å². The molecule has 84 valence electrons. The maximum Gasteiger partial charge on any atom is 0.132 e. The van der Waals surface area contributed by atoms with Crippen molar-refractivity contribution in [1.29, 1.82) is 0 Å². The first-order chi connectivity index (χ1) is 6.54. The smallest absolute Gasteiger partial charge is 0.132 e. The third-order valence-corrected chi connectivity index (χ3v) is 1.62. The zero-order chi connectivity index (χ0) is 11.4. The summed E-state index contributed by atoms with van der Waals surface area (Å²) in [5.74, 6) is 0.615. The van der Waals surface area contributed by atoms with Crippen LogP contribution in [0, 0.1) is 0 Å². The van der Waals surface area contributed by atoms with E-state index in [2.05, 4.69) is 13.8 Å². The van der Waals surface area contributed by atoms with Gasteiger partial charge < -0.3 is 4.79 Å². The van der Waals surface area contributed by atoms with Crippen LogP contribution in [0.25, 0.3) is 0 Å². The lowest BCUT2D eigenvalue weighted by Gasteiger charge is -1.96. The predicted octanol–water partition coefficient (Wildman–Crippen LogP) is 3.53. The van der Waals surface area contributed by atoms with E-state index in [4.69, 9.17) is 0 Å². The van der Waals surface area contributed by atoms with Gasteiger partial charge in [-0.05, 0) is 26.7 Å². The number of carbonyl (C=O) groups excluding carboxylic acids is 2. The van der Waals surface area contributed by atoms with Gasteiger partial charge in [0.25, 0.3) is 0 Å². The molecule has 0 aromatic rings. The molecule has 0 rings (SSSR count). The van der Waals surface area contributed by atoms with Crippen LogP contribution in [-0.4, -0.2) is 11.6 Å². The van der Waals surface area contributed by atoms with Gasteiger partial charge in [0.1, 0.15) is 11.6 Å². The van der Waals surface area contributed by atoms with E-state index in [1.807, 2.05) is 0 Å². The highest BCUT2D eigenvalue weighted by atomic mass is 16.1. The van der Waals surface area contributed by atoms with Crippen LogP contribution in [0.4, 0.5) is 0 Å². The molecule has 0 aromatic heterocycles. The fourth-order valence-corrected chi connectivity index (χ4v) is 0.873. The fourth-order valence-electron chi connectivity index (χ4n) is 0.873. The lowest BCUT2D eigenvalue weighted by atomic mass is 10.1. The summed E-state index contributed by atoms with van der Waals surface area (Å²) < 4.78 is 0. The Balaban J connectivity index is 0. The highest BCUT2D eigenvalue weighted by Gasteiger charge is 1.98. The first-order valence-electron chi connectivity index (χ1n) is 5.53. The van der Waals surface area contributed by atoms with Crippen LogP contribution >= 0.6 is 0 Å². The average molecular weight is 200 g/mol. The van der Waals surface area contributed by atoms with Gasteiger partial charge in [-0.3, -0.25) is 4.79 Å². The molecule has 0 N–H and O–H groups in total. The Hall–Kier alpha value is -0.660. The minimum Gasteiger partial charge on any atom is -0.300 e. The highest BCUT2D eigenvalue weighted by Crippen LogP contribution is 2.02. The van der Waals surface area contributed by atoms with Crippen molar-refractivity contribution in [2.24, 2.45) is 0 Å². The van der Waals surface area contributed by atoms with Gasteiger partial charge in [-0.1, -0.05) is 26.7 Å². The van der Waals surface area contributed by atoms with E-state index < -0.39 is 0 Å². The van der Waals surface area contributed by atoms with Gasteiger partial charge in [0, 0.05) is 12.8 Å². The van der Waals surface area contributed by atoms with Crippen molar-refractivity contribution in [2.45, 2.75) is 66.2 Å². The first-order valence-corrected chi connectivity index (χ1v) is 5.53. The van der Waals surface area contributed by atoms with Gasteiger partial charge >= 0.3 is 0 Å². The summed E-state index contributed by atoms with van der Waals surface area (Å²) in [6.07, 6.45) is 6.02. The second-order valence-electron chi connectivity index (χ2n) is 3.65. The molecule has 2 nitrogen and oxygen atoms in total. The molecule has 0 aliphatic rings. The van der Waals surface area contributed by atoms with Crippen LogP contribution in [0.5, 0.6) is 0 Å². The zero-order valence-electron chi connectivity index (χ0n) is 10.1. The number of unbranched alkanes of at least 4 members (excludes halogenated alkanes) is 2. The molecule has 14 heavy (non-hydrogen) atoms. The summed E-state index contributed by atoms with van der Waals surface area (Å²) >= 11 is 0. The van der Waals surface area contributed by atoms with E-state index in [0.717, 1.165) is 38.5 Å². The molecular formula is C12H24O2. The Morgan fingerprint density at radius 1 is 0.857 bits per heavy atom. The highest BCUT2D eigenvalue weighted by molar-refractivity contribution is 5.78. The number of hydrogen-bond donors (Lipinski definition) is 0. The van der Waals surface area contributed by atoms with E-state index >= 15 is 0 Å². The Labute approximate surface area is 88.1 Å². The van der Waals surface area contributed by atoms with Gasteiger partial charge in [-0.2, -0.15) is 0 Å². The monoisotopic (exact) mass is 200 g/mol. The topological polar surface area (TPSA) is 34.1 Å². The molecule has 0 heterocycles. The minimum atomic E-state index is 0.167. The van der Waals surface area contributed by atoms with Crippen molar-refractivity contribution in [3.63, 3.8) is 0 Å². The zero-order valence-corrected chi connectivity index (χ0v) is 10.1. The van der Waals surface area contributed by atoms with Crippen molar-refractivity contribution in [1.82, 2.24) is 0 Å². The Kier molecular flexibility index (Phi) is 13.9. The van der Waals surface area contributed by atoms with Crippen LogP contribution in [-0.2, 0) is 9.59 Å². The maximum atomic E-state index is 11.0. The van der Waals surface area contributed by atoms with Crippen LogP contribution in [0.3, 0.4) is 0 Å². The van der Waals surface area contributed by atoms with Crippen molar-refractivity contribution < 1.29 is 9.59 Å². The Bertz CT molecular complexity index is 136. The largest absolute Gasteiger partial charge is 0.300 e. The van der Waals surface area contributed by atoms with Gasteiger partial charge in [0.15, 0.2) is 0 Å². The summed E-state index contributed by atoms with van der Waals surface area (Å²) in [5, 5.41) is 0. The number of Topliss-reactive ketones (excluding diaryl/α,β-unsaturated/α-hetero) is 2. The summed E-state index contributed by atoms with van der Waals surface area (Å²) in [4.78, 5) is 20.4. The summed E-state index contributed by atoms with van der Waals surface area (Å²) in [6.45, 7) is 7.29. The van der Waals surface area contributed by atoms with Crippen LogP contribution in [0.1, 0.15) is 66.2 Å². The van der Waals surface area contributed by atoms with Gasteiger partial charge in [-0.25, -0.2) is 0 Å². The van der Waals surface area contributed by atoms with Crippen LogP contribution in [0.2, 0.25) is 0 Å². The molecule has 0 aromatic carbocycles. The quantitative estimate of drug-likeness (QED) is 0.657. The predicted molar refractivity (Wildman–Crippen MR) is 60.4 cm³/mol. The van der Waals surface area contributed by atoms with Gasteiger partial charge in [-0.15, -0.1) is 0 Å². The van der Waals surface area contributed by atoms with E-state index in [9.17, 15) is 9.59 Å². The lowest BCUT2D eigenvalue weighted by molar-refractivity contribution is -0.119. The summed E-state index contributed by atoms with van der Waals surface area (Å²) in [5.41, 5.74) is 0. The molecular weight excluding hydrogens is 176 g/mol. The molecule has 0 atom stereocenters. The molecule has 0 saturated carbocycles. The van der Waals surface area contributed by atoms with Crippen molar-refractivity contribution in [2.75, 3.05) is 0 Å². The minimum absolute atomic E-state index is 0.167. The average Bonchev–Trinajstić information content (AvgIpc) is 2.10. The summed E-state index contributed by atoms with van der Waals surface area (Å²) in [6, 6.07) is 0. The Morgan fingerprint density at radius 2 is 1.14 bits per heavy atom. The normalized spacial score (nSPS) is 8.86. The third kappa shape index (κ3) is 22.5. The van der Waals surface area contributed by atoms with Gasteiger partial charge in [0.05, 0.1) is 0 Å². The number of ketones is 2. The van der Waals surface area contributed by atoms with Crippen molar-refractivity contribution >= 4 is 11.6 Å². The Morgan fingerprint density at radius 3 is 1.36 bits per heavy atom. The van der Waals surface area contributed by atoms with Crippen LogP contribution in [0.15, 0.2) is 0 Å². The molecule has 0 fully saturated rings. The first kappa shape index (κ1) is 15.8. The lowest BCUT2D eigenvalue weighted by Crippen LogP contribution is -1.96. The van der Waals surface area contributed by atoms with E-state index in [1.54, 1.807) is 0 Å². The number of rotatable bonds is 6.